The Labute approximate surface area is 112 Å². The third-order valence-electron chi connectivity index (χ3n) is 3.27. The second-order valence-corrected chi connectivity index (χ2v) is 4.56. The highest BCUT2D eigenvalue weighted by Crippen LogP contribution is 2.25. The Bertz CT molecular complexity index is 455. The van der Waals surface area contributed by atoms with Gasteiger partial charge in [0, 0.05) is 7.05 Å². The van der Waals surface area contributed by atoms with Crippen LogP contribution in [0.5, 0.6) is 5.75 Å². The van der Waals surface area contributed by atoms with Gasteiger partial charge in [-0.15, -0.1) is 0 Å². The summed E-state index contributed by atoms with van der Waals surface area (Å²) in [6.45, 7) is 1.44. The maximum Gasteiger partial charge on any atom is 0.318 e. The maximum atomic E-state index is 11.7. The molecule has 5 nitrogen and oxygen atoms in total. The van der Waals surface area contributed by atoms with Gasteiger partial charge in [0.15, 0.2) is 0 Å². The van der Waals surface area contributed by atoms with E-state index in [1.54, 1.807) is 7.11 Å². The number of hydrogen-bond acceptors (Lipinski definition) is 3. The van der Waals surface area contributed by atoms with E-state index in [-0.39, 0.29) is 6.42 Å². The first-order chi connectivity index (χ1) is 8.93. The van der Waals surface area contributed by atoms with E-state index in [0.717, 1.165) is 11.3 Å². The molecule has 1 atom stereocenters. The average molecular weight is 265 g/mol. The molecule has 5 heteroatoms. The van der Waals surface area contributed by atoms with E-state index in [1.807, 2.05) is 24.3 Å². The summed E-state index contributed by atoms with van der Waals surface area (Å²) in [5.74, 6) is -0.843. The number of amides is 1. The molecule has 0 heterocycles. The molecule has 0 aliphatic carbocycles. The lowest BCUT2D eigenvalue weighted by atomic mass is 9.83. The van der Waals surface area contributed by atoms with Crippen LogP contribution in [-0.2, 0) is 16.0 Å². The molecular weight excluding hydrogens is 246 g/mol. The Morgan fingerprint density at radius 3 is 2.32 bits per heavy atom. The SMILES string of the molecule is CNC(=O)C(C)(CCc1ccc(OC)cc1)C(=O)O. The predicted octanol–water partition coefficient (Wildman–Crippen LogP) is 1.46. The van der Waals surface area contributed by atoms with Crippen molar-refractivity contribution in [3.05, 3.63) is 29.8 Å². The largest absolute Gasteiger partial charge is 0.497 e. The van der Waals surface area contributed by atoms with Crippen LogP contribution < -0.4 is 10.1 Å². The second kappa shape index (κ2) is 6.22. The minimum Gasteiger partial charge on any atom is -0.497 e. The molecule has 2 N–H and O–H groups in total. The zero-order valence-corrected chi connectivity index (χ0v) is 11.4. The molecule has 0 spiro atoms. The van der Waals surface area contributed by atoms with Gasteiger partial charge in [-0.2, -0.15) is 0 Å². The molecule has 0 aliphatic rings. The van der Waals surface area contributed by atoms with Crippen LogP contribution in [0.1, 0.15) is 18.9 Å². The first-order valence-corrected chi connectivity index (χ1v) is 6.02. The summed E-state index contributed by atoms with van der Waals surface area (Å²) in [5.41, 5.74) is -0.438. The number of ether oxygens (including phenoxy) is 1. The Kier molecular flexibility index (Phi) is 4.92. The molecule has 0 aliphatic heterocycles. The van der Waals surface area contributed by atoms with Gasteiger partial charge in [-0.3, -0.25) is 9.59 Å². The fourth-order valence-corrected chi connectivity index (χ4v) is 1.78. The van der Waals surface area contributed by atoms with E-state index >= 15 is 0 Å². The zero-order valence-electron chi connectivity index (χ0n) is 11.4. The third-order valence-corrected chi connectivity index (χ3v) is 3.27. The number of benzene rings is 1. The van der Waals surface area contributed by atoms with Gasteiger partial charge in [0.1, 0.15) is 11.2 Å². The number of rotatable bonds is 6. The summed E-state index contributed by atoms with van der Waals surface area (Å²) < 4.78 is 5.05. The van der Waals surface area contributed by atoms with Crippen molar-refractivity contribution >= 4 is 11.9 Å². The summed E-state index contributed by atoms with van der Waals surface area (Å²) >= 11 is 0. The summed E-state index contributed by atoms with van der Waals surface area (Å²) in [5, 5.41) is 11.6. The molecule has 0 aromatic heterocycles. The molecule has 1 amide bonds. The van der Waals surface area contributed by atoms with Crippen LogP contribution in [0.3, 0.4) is 0 Å². The van der Waals surface area contributed by atoms with E-state index in [1.165, 1.54) is 14.0 Å². The first-order valence-electron chi connectivity index (χ1n) is 6.02. The van der Waals surface area contributed by atoms with Crippen molar-refractivity contribution in [1.29, 1.82) is 0 Å². The number of aryl methyl sites for hydroxylation is 1. The monoisotopic (exact) mass is 265 g/mol. The molecule has 19 heavy (non-hydrogen) atoms. The van der Waals surface area contributed by atoms with E-state index in [9.17, 15) is 14.7 Å². The van der Waals surface area contributed by atoms with Gasteiger partial charge >= 0.3 is 5.97 Å². The number of carboxylic acids is 1. The Morgan fingerprint density at radius 1 is 1.32 bits per heavy atom. The summed E-state index contributed by atoms with van der Waals surface area (Å²) in [4.78, 5) is 22.9. The Hall–Kier alpha value is -2.04. The van der Waals surface area contributed by atoms with Gasteiger partial charge < -0.3 is 15.2 Å². The highest BCUT2D eigenvalue weighted by atomic mass is 16.5. The molecule has 1 aromatic carbocycles. The number of carboxylic acid groups (broad SMARTS) is 1. The van der Waals surface area contributed by atoms with E-state index in [4.69, 9.17) is 4.74 Å². The van der Waals surface area contributed by atoms with Crippen molar-refractivity contribution in [1.82, 2.24) is 5.32 Å². The van der Waals surface area contributed by atoms with Crippen LogP contribution >= 0.6 is 0 Å². The van der Waals surface area contributed by atoms with Crippen molar-refractivity contribution in [3.8, 4) is 5.75 Å². The molecule has 1 rings (SSSR count). The van der Waals surface area contributed by atoms with E-state index < -0.39 is 17.3 Å². The van der Waals surface area contributed by atoms with Crippen LogP contribution in [0.2, 0.25) is 0 Å². The Balaban J connectivity index is 2.76. The van der Waals surface area contributed by atoms with E-state index in [2.05, 4.69) is 5.32 Å². The third kappa shape index (κ3) is 3.47. The highest BCUT2D eigenvalue weighted by molar-refractivity contribution is 6.01. The van der Waals surface area contributed by atoms with Crippen molar-refractivity contribution in [3.63, 3.8) is 0 Å². The number of hydrogen-bond donors (Lipinski definition) is 2. The normalized spacial score (nSPS) is 13.4. The summed E-state index contributed by atoms with van der Waals surface area (Å²) in [6, 6.07) is 7.36. The lowest BCUT2D eigenvalue weighted by Crippen LogP contribution is -2.43. The summed E-state index contributed by atoms with van der Waals surface area (Å²) in [7, 11) is 3.03. The highest BCUT2D eigenvalue weighted by Gasteiger charge is 2.40. The fraction of sp³-hybridized carbons (Fsp3) is 0.429. The van der Waals surface area contributed by atoms with Crippen LogP contribution in [0, 0.1) is 5.41 Å². The molecule has 0 saturated heterocycles. The molecule has 104 valence electrons. The van der Waals surface area contributed by atoms with Crippen LogP contribution in [0.15, 0.2) is 24.3 Å². The topological polar surface area (TPSA) is 75.6 Å². The molecule has 1 aromatic rings. The number of nitrogens with one attached hydrogen (secondary N) is 1. The molecule has 1 unspecified atom stereocenters. The molecule has 0 radical (unpaired) electrons. The van der Waals surface area contributed by atoms with Gasteiger partial charge in [-0.05, 0) is 37.5 Å². The molecule has 0 saturated carbocycles. The smallest absolute Gasteiger partial charge is 0.318 e. The zero-order chi connectivity index (χ0) is 14.5. The van der Waals surface area contributed by atoms with Crippen molar-refractivity contribution in [2.45, 2.75) is 19.8 Å². The average Bonchev–Trinajstić information content (AvgIpc) is 2.44. The minimum atomic E-state index is -1.41. The van der Waals surface area contributed by atoms with Gasteiger partial charge in [0.2, 0.25) is 5.91 Å². The van der Waals surface area contributed by atoms with Crippen LogP contribution in [-0.4, -0.2) is 31.1 Å². The maximum absolute atomic E-state index is 11.7. The lowest BCUT2D eigenvalue weighted by molar-refractivity contribution is -0.154. The second-order valence-electron chi connectivity index (χ2n) is 4.56. The minimum absolute atomic E-state index is 0.244. The van der Waals surface area contributed by atoms with Crippen molar-refractivity contribution in [2.24, 2.45) is 5.41 Å². The number of methoxy groups -OCH3 is 1. The number of carbonyl (C=O) groups is 2. The fourth-order valence-electron chi connectivity index (χ4n) is 1.78. The molecular formula is C14H19NO4. The molecule has 0 fully saturated rings. The van der Waals surface area contributed by atoms with Crippen LogP contribution in [0.25, 0.3) is 0 Å². The quantitative estimate of drug-likeness (QED) is 0.764. The van der Waals surface area contributed by atoms with Crippen LogP contribution in [0.4, 0.5) is 0 Å². The Morgan fingerprint density at radius 2 is 1.89 bits per heavy atom. The summed E-state index contributed by atoms with van der Waals surface area (Å²) in [6.07, 6.45) is 0.758. The number of aliphatic carboxylic acids is 1. The van der Waals surface area contributed by atoms with Gasteiger partial charge in [-0.25, -0.2) is 0 Å². The van der Waals surface area contributed by atoms with Gasteiger partial charge in [0.25, 0.3) is 0 Å². The van der Waals surface area contributed by atoms with E-state index in [0.29, 0.717) is 6.42 Å². The van der Waals surface area contributed by atoms with Crippen molar-refractivity contribution in [2.75, 3.05) is 14.2 Å². The van der Waals surface area contributed by atoms with Crippen molar-refractivity contribution < 1.29 is 19.4 Å². The molecule has 0 bridgehead atoms. The predicted molar refractivity (Wildman–Crippen MR) is 71.1 cm³/mol. The lowest BCUT2D eigenvalue weighted by Gasteiger charge is -2.22. The standard InChI is InChI=1S/C14H19NO4/c1-14(13(17)18,12(16)15-2)9-8-10-4-6-11(19-3)7-5-10/h4-7H,8-9H2,1-3H3,(H,15,16)(H,17,18). The number of carbonyl (C=O) groups excluding carboxylic acids is 1. The van der Waals surface area contributed by atoms with Gasteiger partial charge in [0.05, 0.1) is 7.11 Å². The van der Waals surface area contributed by atoms with Gasteiger partial charge in [-0.1, -0.05) is 12.1 Å². The first kappa shape index (κ1) is 15.0.